The van der Waals surface area contributed by atoms with Crippen LogP contribution in [-0.4, -0.2) is 130 Å². The Hall–Kier alpha value is -0.370. The summed E-state index contributed by atoms with van der Waals surface area (Å²) < 4.78 is 65.5. The van der Waals surface area contributed by atoms with Gasteiger partial charge in [0, 0.05) is 33.5 Å². The number of quaternary nitrogens is 1. The molecule has 0 saturated heterocycles. The molecule has 0 atom stereocenters. The zero-order valence-electron chi connectivity index (χ0n) is 18.1. The van der Waals surface area contributed by atoms with Crippen LogP contribution >= 0.6 is 0 Å². The van der Waals surface area contributed by atoms with Crippen molar-refractivity contribution in [1.82, 2.24) is 0 Å². The SMILES string of the molecule is COCCOCC[N+](CCCS(=O)(=O)[O-])(CCOCCOC)CCOCCOC. The number of rotatable bonds is 22. The predicted octanol–water partition coefficient (Wildman–Crippen LogP) is -0.272. The van der Waals surface area contributed by atoms with E-state index in [4.69, 9.17) is 28.4 Å². The molecule has 10 nitrogen and oxygen atoms in total. The first-order valence-corrected chi connectivity index (χ1v) is 11.5. The van der Waals surface area contributed by atoms with Crippen molar-refractivity contribution in [2.45, 2.75) is 6.42 Å². The summed E-state index contributed by atoms with van der Waals surface area (Å²) in [4.78, 5) is 0. The van der Waals surface area contributed by atoms with Crippen LogP contribution in [0.25, 0.3) is 0 Å². The maximum absolute atomic E-state index is 11.0. The maximum Gasteiger partial charge on any atom is 0.103 e. The highest BCUT2D eigenvalue weighted by atomic mass is 32.2. The van der Waals surface area contributed by atoms with E-state index in [-0.39, 0.29) is 12.2 Å². The first-order valence-electron chi connectivity index (χ1n) is 9.88. The number of hydrogen-bond donors (Lipinski definition) is 0. The molecule has 0 aliphatic rings. The third-order valence-electron chi connectivity index (χ3n) is 4.45. The fourth-order valence-electron chi connectivity index (χ4n) is 2.76. The van der Waals surface area contributed by atoms with Crippen LogP contribution in [0.1, 0.15) is 6.42 Å². The molecule has 0 heterocycles. The van der Waals surface area contributed by atoms with Gasteiger partial charge < -0.3 is 37.5 Å². The lowest BCUT2D eigenvalue weighted by Gasteiger charge is -2.39. The molecule has 11 heteroatoms. The summed E-state index contributed by atoms with van der Waals surface area (Å²) in [7, 11) is 0.591. The Kier molecular flexibility index (Phi) is 18.2. The van der Waals surface area contributed by atoms with E-state index in [0.29, 0.717) is 90.1 Å². The number of methoxy groups -OCH3 is 3. The van der Waals surface area contributed by atoms with Crippen molar-refractivity contribution in [3.8, 4) is 0 Å². The Bertz CT molecular complexity index is 426. The van der Waals surface area contributed by atoms with Crippen molar-refractivity contribution in [2.24, 2.45) is 0 Å². The van der Waals surface area contributed by atoms with Crippen molar-refractivity contribution in [1.29, 1.82) is 0 Å². The van der Waals surface area contributed by atoms with E-state index in [1.165, 1.54) is 0 Å². The second-order valence-corrected chi connectivity index (χ2v) is 8.19. The summed E-state index contributed by atoms with van der Waals surface area (Å²) in [6.07, 6.45) is 0.278. The Morgan fingerprint density at radius 3 is 1.31 bits per heavy atom. The van der Waals surface area contributed by atoms with Gasteiger partial charge in [-0.3, -0.25) is 0 Å². The van der Waals surface area contributed by atoms with Crippen molar-refractivity contribution in [3.63, 3.8) is 0 Å². The minimum Gasteiger partial charge on any atom is -0.748 e. The molecular weight excluding hydrogens is 406 g/mol. The second-order valence-electron chi connectivity index (χ2n) is 6.67. The molecule has 0 rings (SSSR count). The molecule has 0 amide bonds. The van der Waals surface area contributed by atoms with Gasteiger partial charge in [0.2, 0.25) is 0 Å². The second kappa shape index (κ2) is 18.4. The lowest BCUT2D eigenvalue weighted by Crippen LogP contribution is -2.54. The molecule has 0 aliphatic carbocycles. The van der Waals surface area contributed by atoms with Gasteiger partial charge in [-0.15, -0.1) is 0 Å². The molecule has 0 spiro atoms. The lowest BCUT2D eigenvalue weighted by molar-refractivity contribution is -0.929. The number of ether oxygens (including phenoxy) is 6. The van der Waals surface area contributed by atoms with Crippen LogP contribution in [0, 0.1) is 0 Å². The van der Waals surface area contributed by atoms with Gasteiger partial charge in [-0.25, -0.2) is 8.42 Å². The lowest BCUT2D eigenvalue weighted by atomic mass is 10.2. The third kappa shape index (κ3) is 18.1. The minimum absolute atomic E-state index is 0.278. The predicted molar refractivity (Wildman–Crippen MR) is 107 cm³/mol. The van der Waals surface area contributed by atoms with Gasteiger partial charge in [0.25, 0.3) is 0 Å². The summed E-state index contributed by atoms with van der Waals surface area (Å²) in [5.74, 6) is -0.382. The molecule has 176 valence electrons. The zero-order valence-corrected chi connectivity index (χ0v) is 19.0. The van der Waals surface area contributed by atoms with E-state index in [1.807, 2.05) is 0 Å². The van der Waals surface area contributed by atoms with Gasteiger partial charge in [0.1, 0.15) is 19.6 Å². The summed E-state index contributed by atoms with van der Waals surface area (Å²) in [6.45, 7) is 6.95. The highest BCUT2D eigenvalue weighted by Gasteiger charge is 2.27. The molecule has 0 aromatic carbocycles. The standard InChI is InChI=1S/C18H39NO9S/c1-23-12-15-26-9-6-19(5-4-18-29(20,21)22,7-10-27-16-13-24-2)8-11-28-17-14-25-3/h4-18H2,1-3H3. The molecule has 0 fully saturated rings. The van der Waals surface area contributed by atoms with Crippen molar-refractivity contribution in [3.05, 3.63) is 0 Å². The van der Waals surface area contributed by atoms with E-state index < -0.39 is 10.1 Å². The van der Waals surface area contributed by atoms with E-state index in [1.54, 1.807) is 21.3 Å². The number of nitrogens with zero attached hydrogens (tertiary/aromatic N) is 1. The molecular formula is C18H39NO9S. The molecule has 0 bridgehead atoms. The monoisotopic (exact) mass is 445 g/mol. The summed E-state index contributed by atoms with van der Waals surface area (Å²) in [5.41, 5.74) is 0. The molecule has 0 radical (unpaired) electrons. The average molecular weight is 446 g/mol. The summed E-state index contributed by atoms with van der Waals surface area (Å²) >= 11 is 0. The van der Waals surface area contributed by atoms with Crippen LogP contribution in [0.3, 0.4) is 0 Å². The normalized spacial score (nSPS) is 12.6. The first kappa shape index (κ1) is 28.6. The molecule has 0 saturated carbocycles. The van der Waals surface area contributed by atoms with Crippen LogP contribution in [0.5, 0.6) is 0 Å². The highest BCUT2D eigenvalue weighted by molar-refractivity contribution is 7.85. The van der Waals surface area contributed by atoms with Gasteiger partial charge in [0.15, 0.2) is 0 Å². The number of hydrogen-bond acceptors (Lipinski definition) is 9. The van der Waals surface area contributed by atoms with E-state index in [2.05, 4.69) is 0 Å². The highest BCUT2D eigenvalue weighted by Crippen LogP contribution is 2.10. The molecule has 0 aromatic rings. The Labute approximate surface area is 175 Å². The largest absolute Gasteiger partial charge is 0.748 e. The molecule has 0 aliphatic heterocycles. The van der Waals surface area contributed by atoms with Gasteiger partial charge >= 0.3 is 0 Å². The fraction of sp³-hybridized carbons (Fsp3) is 1.00. The van der Waals surface area contributed by atoms with E-state index in [9.17, 15) is 13.0 Å². The summed E-state index contributed by atoms with van der Waals surface area (Å²) in [6, 6.07) is 0. The molecule has 0 N–H and O–H groups in total. The van der Waals surface area contributed by atoms with Crippen LogP contribution in [0.4, 0.5) is 0 Å². The smallest absolute Gasteiger partial charge is 0.103 e. The Balaban J connectivity index is 4.86. The average Bonchev–Trinajstić information content (AvgIpc) is 2.66. The quantitative estimate of drug-likeness (QED) is 0.126. The molecule has 29 heavy (non-hydrogen) atoms. The van der Waals surface area contributed by atoms with Crippen LogP contribution < -0.4 is 0 Å². The third-order valence-corrected chi connectivity index (χ3v) is 5.24. The minimum atomic E-state index is -4.25. The zero-order chi connectivity index (χ0) is 21.8. The Morgan fingerprint density at radius 1 is 0.621 bits per heavy atom. The van der Waals surface area contributed by atoms with Gasteiger partial charge in [-0.2, -0.15) is 0 Å². The van der Waals surface area contributed by atoms with Gasteiger partial charge in [-0.1, -0.05) is 0 Å². The fourth-order valence-corrected chi connectivity index (χ4v) is 3.24. The first-order chi connectivity index (χ1) is 13.9. The molecule has 0 aromatic heterocycles. The maximum atomic E-state index is 11.0. The van der Waals surface area contributed by atoms with E-state index in [0.717, 1.165) is 0 Å². The van der Waals surface area contributed by atoms with Crippen LogP contribution in [0.2, 0.25) is 0 Å². The Morgan fingerprint density at radius 2 is 1.00 bits per heavy atom. The topological polar surface area (TPSA) is 113 Å². The van der Waals surface area contributed by atoms with E-state index >= 15 is 0 Å². The molecule has 0 unspecified atom stereocenters. The van der Waals surface area contributed by atoms with Crippen molar-refractivity contribution >= 4 is 10.1 Å². The van der Waals surface area contributed by atoms with Gasteiger partial charge in [0.05, 0.1) is 76.1 Å². The summed E-state index contributed by atoms with van der Waals surface area (Å²) in [5, 5.41) is 0. The van der Waals surface area contributed by atoms with Crippen LogP contribution in [-0.2, 0) is 38.5 Å². The van der Waals surface area contributed by atoms with Crippen molar-refractivity contribution < 1.29 is 45.9 Å². The van der Waals surface area contributed by atoms with Gasteiger partial charge in [-0.05, 0) is 0 Å². The van der Waals surface area contributed by atoms with Crippen molar-refractivity contribution in [2.75, 3.05) is 113 Å². The van der Waals surface area contributed by atoms with Crippen LogP contribution in [0.15, 0.2) is 0 Å².